The first-order valence-corrected chi connectivity index (χ1v) is 8.75. The predicted molar refractivity (Wildman–Crippen MR) is 104 cm³/mol. The lowest BCUT2D eigenvalue weighted by Gasteiger charge is -2.17. The van der Waals surface area contributed by atoms with Crippen LogP contribution in [-0.2, 0) is 16.2 Å². The third-order valence-electron chi connectivity index (χ3n) is 4.34. The van der Waals surface area contributed by atoms with Crippen molar-refractivity contribution >= 4 is 11.6 Å². The van der Waals surface area contributed by atoms with Crippen molar-refractivity contribution in [2.45, 2.75) is 32.8 Å². The molecule has 5 nitrogen and oxygen atoms in total. The second kappa shape index (κ2) is 9.61. The van der Waals surface area contributed by atoms with Gasteiger partial charge in [-0.2, -0.15) is 0 Å². The molecule has 1 amide bonds. The highest BCUT2D eigenvalue weighted by atomic mass is 16.6. The van der Waals surface area contributed by atoms with Crippen molar-refractivity contribution in [3.63, 3.8) is 0 Å². The number of amides is 1. The van der Waals surface area contributed by atoms with E-state index in [2.05, 4.69) is 30.4 Å². The van der Waals surface area contributed by atoms with Crippen LogP contribution < -0.4 is 10.1 Å². The van der Waals surface area contributed by atoms with Crippen molar-refractivity contribution in [3.8, 4) is 5.75 Å². The lowest BCUT2D eigenvalue weighted by atomic mass is 9.98. The predicted octanol–water partition coefficient (Wildman–Crippen LogP) is 3.88. The molecule has 0 spiro atoms. The third kappa shape index (κ3) is 4.63. The number of rotatable bonds is 8. The number of nitrogens with zero attached hydrogens (tertiary/aromatic N) is 1. The molecule has 1 atom stereocenters. The molecule has 5 heteroatoms. The van der Waals surface area contributed by atoms with E-state index in [0.29, 0.717) is 18.1 Å². The molecule has 0 aliphatic carbocycles. The number of oxime groups is 1. The van der Waals surface area contributed by atoms with Gasteiger partial charge in [0.15, 0.2) is 5.71 Å². The van der Waals surface area contributed by atoms with Crippen LogP contribution in [0.1, 0.15) is 42.9 Å². The van der Waals surface area contributed by atoms with Crippen molar-refractivity contribution in [3.05, 3.63) is 65.2 Å². The molecule has 0 saturated carbocycles. The number of carbonyl (C=O) groups excluding carboxylic acids is 1. The van der Waals surface area contributed by atoms with Gasteiger partial charge in [-0.3, -0.25) is 4.79 Å². The summed E-state index contributed by atoms with van der Waals surface area (Å²) in [5.74, 6) is 0.971. The molecular weight excluding hydrogens is 328 g/mol. The molecule has 0 heterocycles. The fourth-order valence-corrected chi connectivity index (χ4v) is 2.69. The SMILES string of the molecule is CCC(C)c1ccccc1OCc1ccccc1/C(=N\OC)C(=O)NC. The molecule has 1 N–H and O–H groups in total. The van der Waals surface area contributed by atoms with E-state index in [1.165, 1.54) is 12.7 Å². The quantitative estimate of drug-likeness (QED) is 0.578. The van der Waals surface area contributed by atoms with Gasteiger partial charge in [-0.1, -0.05) is 61.5 Å². The van der Waals surface area contributed by atoms with E-state index in [-0.39, 0.29) is 11.6 Å². The highest BCUT2D eigenvalue weighted by Crippen LogP contribution is 2.29. The number of hydrogen-bond donors (Lipinski definition) is 1. The van der Waals surface area contributed by atoms with Crippen LogP contribution >= 0.6 is 0 Å². The number of nitrogens with one attached hydrogen (secondary N) is 1. The summed E-state index contributed by atoms with van der Waals surface area (Å²) >= 11 is 0. The third-order valence-corrected chi connectivity index (χ3v) is 4.34. The second-order valence-electron chi connectivity index (χ2n) is 5.99. The molecule has 2 aromatic rings. The Labute approximate surface area is 155 Å². The standard InChI is InChI=1S/C21H26N2O3/c1-5-15(2)17-11-8-9-13-19(17)26-14-16-10-6-7-12-18(16)20(23-25-4)21(24)22-3/h6-13,15H,5,14H2,1-4H3,(H,22,24)/b23-20+. The number of ether oxygens (including phenoxy) is 1. The van der Waals surface area contributed by atoms with Crippen molar-refractivity contribution in [1.82, 2.24) is 5.32 Å². The Kier molecular flexibility index (Phi) is 7.21. The zero-order valence-corrected chi connectivity index (χ0v) is 15.8. The van der Waals surface area contributed by atoms with E-state index < -0.39 is 0 Å². The van der Waals surface area contributed by atoms with Gasteiger partial charge in [-0.25, -0.2) is 0 Å². The lowest BCUT2D eigenvalue weighted by Crippen LogP contribution is -2.29. The van der Waals surface area contributed by atoms with Gasteiger partial charge in [-0.15, -0.1) is 0 Å². The summed E-state index contributed by atoms with van der Waals surface area (Å²) in [4.78, 5) is 17.0. The van der Waals surface area contributed by atoms with Crippen LogP contribution in [0.2, 0.25) is 0 Å². The van der Waals surface area contributed by atoms with Crippen molar-refractivity contribution in [1.29, 1.82) is 0 Å². The Morgan fingerprint density at radius 1 is 1.15 bits per heavy atom. The number of hydrogen-bond acceptors (Lipinski definition) is 4. The average Bonchev–Trinajstić information content (AvgIpc) is 2.69. The molecule has 0 aliphatic heterocycles. The van der Waals surface area contributed by atoms with E-state index in [9.17, 15) is 4.79 Å². The smallest absolute Gasteiger partial charge is 0.273 e. The van der Waals surface area contributed by atoms with E-state index in [0.717, 1.165) is 17.7 Å². The molecule has 0 fully saturated rings. The van der Waals surface area contributed by atoms with E-state index in [1.54, 1.807) is 7.05 Å². The maximum absolute atomic E-state index is 12.1. The Hall–Kier alpha value is -2.82. The molecule has 0 radical (unpaired) electrons. The minimum atomic E-state index is -0.306. The zero-order chi connectivity index (χ0) is 18.9. The Morgan fingerprint density at radius 3 is 2.54 bits per heavy atom. The van der Waals surface area contributed by atoms with Crippen molar-refractivity contribution in [2.24, 2.45) is 5.16 Å². The molecule has 2 aromatic carbocycles. The molecule has 26 heavy (non-hydrogen) atoms. The maximum atomic E-state index is 12.1. The average molecular weight is 354 g/mol. The van der Waals surface area contributed by atoms with Crippen LogP contribution in [0.3, 0.4) is 0 Å². The van der Waals surface area contributed by atoms with Gasteiger partial charge >= 0.3 is 0 Å². The van der Waals surface area contributed by atoms with Gasteiger partial charge in [0.05, 0.1) is 0 Å². The fraction of sp³-hybridized carbons (Fsp3) is 0.333. The Balaban J connectivity index is 2.30. The molecule has 138 valence electrons. The minimum Gasteiger partial charge on any atom is -0.489 e. The highest BCUT2D eigenvalue weighted by Gasteiger charge is 2.18. The zero-order valence-electron chi connectivity index (χ0n) is 15.8. The van der Waals surface area contributed by atoms with Gasteiger partial charge < -0.3 is 14.9 Å². The van der Waals surface area contributed by atoms with E-state index in [4.69, 9.17) is 9.57 Å². The lowest BCUT2D eigenvalue weighted by molar-refractivity contribution is -0.114. The first kappa shape index (κ1) is 19.5. The van der Waals surface area contributed by atoms with Gasteiger partial charge in [-0.05, 0) is 29.5 Å². The van der Waals surface area contributed by atoms with Crippen LogP contribution in [0.25, 0.3) is 0 Å². The molecule has 0 aromatic heterocycles. The summed E-state index contributed by atoms with van der Waals surface area (Å²) < 4.78 is 6.10. The molecular formula is C21H26N2O3. The van der Waals surface area contributed by atoms with Crippen LogP contribution in [0, 0.1) is 0 Å². The van der Waals surface area contributed by atoms with E-state index in [1.807, 2.05) is 42.5 Å². The van der Waals surface area contributed by atoms with Gasteiger partial charge in [0.1, 0.15) is 19.5 Å². The minimum absolute atomic E-state index is 0.226. The Bertz CT molecular complexity index is 771. The van der Waals surface area contributed by atoms with Gasteiger partial charge in [0.25, 0.3) is 5.91 Å². The maximum Gasteiger partial charge on any atom is 0.273 e. The summed E-state index contributed by atoms with van der Waals surface area (Å²) in [5.41, 5.74) is 2.97. The van der Waals surface area contributed by atoms with Crippen molar-refractivity contribution < 1.29 is 14.4 Å². The number of likely N-dealkylation sites (N-methyl/N-ethyl adjacent to an activating group) is 1. The summed E-state index contributed by atoms with van der Waals surface area (Å²) in [7, 11) is 2.99. The monoisotopic (exact) mass is 354 g/mol. The molecule has 0 aliphatic rings. The van der Waals surface area contributed by atoms with E-state index >= 15 is 0 Å². The molecule has 2 rings (SSSR count). The second-order valence-corrected chi connectivity index (χ2v) is 5.99. The molecule has 0 bridgehead atoms. The van der Waals surface area contributed by atoms with Crippen LogP contribution in [0.4, 0.5) is 0 Å². The summed E-state index contributed by atoms with van der Waals surface area (Å²) in [6.07, 6.45) is 1.04. The summed E-state index contributed by atoms with van der Waals surface area (Å²) in [6, 6.07) is 15.6. The number of para-hydroxylation sites is 1. The number of benzene rings is 2. The largest absolute Gasteiger partial charge is 0.489 e. The Morgan fingerprint density at radius 2 is 1.85 bits per heavy atom. The van der Waals surface area contributed by atoms with Gasteiger partial charge in [0, 0.05) is 12.6 Å². The fourth-order valence-electron chi connectivity index (χ4n) is 2.69. The number of carbonyl (C=O) groups is 1. The molecule has 0 saturated heterocycles. The van der Waals surface area contributed by atoms with Crippen LogP contribution in [0.5, 0.6) is 5.75 Å². The van der Waals surface area contributed by atoms with Crippen molar-refractivity contribution in [2.75, 3.05) is 14.2 Å². The highest BCUT2D eigenvalue weighted by molar-refractivity contribution is 6.45. The first-order valence-electron chi connectivity index (χ1n) is 8.75. The van der Waals surface area contributed by atoms with Crippen LogP contribution in [-0.4, -0.2) is 25.8 Å². The first-order chi connectivity index (χ1) is 12.6. The van der Waals surface area contributed by atoms with Gasteiger partial charge in [0.2, 0.25) is 0 Å². The van der Waals surface area contributed by atoms with Crippen LogP contribution in [0.15, 0.2) is 53.7 Å². The summed E-state index contributed by atoms with van der Waals surface area (Å²) in [6.45, 7) is 4.68. The molecule has 1 unspecified atom stereocenters. The summed E-state index contributed by atoms with van der Waals surface area (Å²) in [5, 5.41) is 6.48. The normalized spacial score (nSPS) is 12.4. The topological polar surface area (TPSA) is 59.9 Å².